The summed E-state index contributed by atoms with van der Waals surface area (Å²) in [5.41, 5.74) is 9.02. The van der Waals surface area contributed by atoms with Gasteiger partial charge in [-0.05, 0) is 24.1 Å². The first kappa shape index (κ1) is 10.9. The molecule has 0 aliphatic heterocycles. The molecule has 0 amide bonds. The van der Waals surface area contributed by atoms with Crippen LogP contribution in [0, 0.1) is 0 Å². The smallest absolute Gasteiger partial charge is 0.177 e. The maximum Gasteiger partial charge on any atom is 0.177 e. The Kier molecular flexibility index (Phi) is 2.78. The van der Waals surface area contributed by atoms with Crippen LogP contribution in [0.5, 0.6) is 0 Å². The normalized spacial score (nSPS) is 12.7. The van der Waals surface area contributed by atoms with E-state index in [1.807, 2.05) is 30.3 Å². The van der Waals surface area contributed by atoms with Gasteiger partial charge >= 0.3 is 0 Å². The van der Waals surface area contributed by atoms with Crippen molar-refractivity contribution in [2.75, 3.05) is 0 Å². The third kappa shape index (κ3) is 2.10. The number of imidazole rings is 1. The van der Waals surface area contributed by atoms with Crippen LogP contribution in [-0.4, -0.2) is 15.0 Å². The molecule has 2 heterocycles. The van der Waals surface area contributed by atoms with Gasteiger partial charge in [0, 0.05) is 6.20 Å². The predicted octanol–water partition coefficient (Wildman–Crippen LogP) is 2.20. The van der Waals surface area contributed by atoms with Crippen LogP contribution in [0.4, 0.5) is 0 Å². The van der Waals surface area contributed by atoms with Gasteiger partial charge in [-0.1, -0.05) is 30.3 Å². The molecule has 4 nitrogen and oxygen atoms in total. The van der Waals surface area contributed by atoms with Gasteiger partial charge in [-0.15, -0.1) is 0 Å². The number of rotatable bonds is 3. The molecule has 3 aromatic rings. The summed E-state index contributed by atoms with van der Waals surface area (Å²) < 4.78 is 0. The van der Waals surface area contributed by atoms with Crippen LogP contribution in [0.2, 0.25) is 0 Å². The lowest BCUT2D eigenvalue weighted by atomic mass is 10.1. The summed E-state index contributed by atoms with van der Waals surface area (Å²) in [5.74, 6) is 0.785. The van der Waals surface area contributed by atoms with Crippen LogP contribution >= 0.6 is 0 Å². The highest BCUT2D eigenvalue weighted by Gasteiger charge is 2.12. The van der Waals surface area contributed by atoms with Crippen molar-refractivity contribution in [1.82, 2.24) is 15.0 Å². The van der Waals surface area contributed by atoms with E-state index in [4.69, 9.17) is 5.73 Å². The van der Waals surface area contributed by atoms with Crippen molar-refractivity contribution in [2.45, 2.75) is 12.5 Å². The first-order valence-electron chi connectivity index (χ1n) is 5.93. The quantitative estimate of drug-likeness (QED) is 0.735. The molecular formula is C14H14N4. The Balaban J connectivity index is 1.86. The third-order valence-corrected chi connectivity index (χ3v) is 2.93. The van der Waals surface area contributed by atoms with E-state index >= 15 is 0 Å². The molecule has 3 rings (SSSR count). The Morgan fingerprint density at radius 3 is 2.72 bits per heavy atom. The maximum absolute atomic E-state index is 6.17. The lowest BCUT2D eigenvalue weighted by Crippen LogP contribution is -2.14. The molecule has 90 valence electrons. The number of hydrogen-bond acceptors (Lipinski definition) is 3. The average Bonchev–Trinajstić information content (AvgIpc) is 2.84. The molecule has 18 heavy (non-hydrogen) atoms. The monoisotopic (exact) mass is 238 g/mol. The first-order chi connectivity index (χ1) is 8.83. The minimum atomic E-state index is -0.137. The maximum atomic E-state index is 6.17. The number of H-pyrrole nitrogens is 1. The van der Waals surface area contributed by atoms with E-state index in [9.17, 15) is 0 Å². The second-order valence-corrected chi connectivity index (χ2v) is 4.29. The van der Waals surface area contributed by atoms with Crippen molar-refractivity contribution >= 4 is 11.2 Å². The van der Waals surface area contributed by atoms with E-state index in [0.717, 1.165) is 23.4 Å². The van der Waals surface area contributed by atoms with Gasteiger partial charge < -0.3 is 10.7 Å². The fourth-order valence-corrected chi connectivity index (χ4v) is 2.00. The van der Waals surface area contributed by atoms with E-state index in [0.29, 0.717) is 0 Å². The minimum Gasteiger partial charge on any atom is -0.339 e. The average molecular weight is 238 g/mol. The van der Waals surface area contributed by atoms with Crippen LogP contribution < -0.4 is 5.73 Å². The summed E-state index contributed by atoms with van der Waals surface area (Å²) in [7, 11) is 0. The Bertz CT molecular complexity index is 612. The summed E-state index contributed by atoms with van der Waals surface area (Å²) in [6.07, 6.45) is 2.50. The van der Waals surface area contributed by atoms with E-state index in [1.54, 1.807) is 6.20 Å². The number of nitrogens with two attached hydrogens (primary N) is 1. The van der Waals surface area contributed by atoms with Gasteiger partial charge in [0.25, 0.3) is 0 Å². The van der Waals surface area contributed by atoms with Crippen molar-refractivity contribution in [3.05, 3.63) is 60.0 Å². The Morgan fingerprint density at radius 2 is 1.94 bits per heavy atom. The number of aromatic amines is 1. The van der Waals surface area contributed by atoms with Crippen LogP contribution in [0.15, 0.2) is 48.7 Å². The standard InChI is InChI=1S/C14H14N4/c15-11(9-10-5-2-1-3-6-10)13-17-12-7-4-8-16-14(12)18-13/h1-8,11H,9,15H2,(H,16,17,18). The largest absolute Gasteiger partial charge is 0.339 e. The van der Waals surface area contributed by atoms with Crippen molar-refractivity contribution in [1.29, 1.82) is 0 Å². The Morgan fingerprint density at radius 1 is 1.11 bits per heavy atom. The Hall–Kier alpha value is -2.20. The zero-order valence-corrected chi connectivity index (χ0v) is 9.88. The zero-order chi connectivity index (χ0) is 12.4. The summed E-state index contributed by atoms with van der Waals surface area (Å²) >= 11 is 0. The fourth-order valence-electron chi connectivity index (χ4n) is 2.00. The highest BCUT2D eigenvalue weighted by atomic mass is 15.0. The second-order valence-electron chi connectivity index (χ2n) is 4.29. The molecule has 0 aliphatic rings. The molecule has 0 aliphatic carbocycles. The highest BCUT2D eigenvalue weighted by molar-refractivity contribution is 5.70. The lowest BCUT2D eigenvalue weighted by molar-refractivity contribution is 0.680. The molecular weight excluding hydrogens is 224 g/mol. The number of benzene rings is 1. The summed E-state index contributed by atoms with van der Waals surface area (Å²) in [5, 5.41) is 0. The molecule has 0 saturated heterocycles. The van der Waals surface area contributed by atoms with Gasteiger partial charge in [-0.3, -0.25) is 0 Å². The van der Waals surface area contributed by atoms with Crippen molar-refractivity contribution in [3.63, 3.8) is 0 Å². The van der Waals surface area contributed by atoms with Crippen molar-refractivity contribution < 1.29 is 0 Å². The number of fused-ring (bicyclic) bond motifs is 1. The molecule has 0 spiro atoms. The number of aromatic nitrogens is 3. The van der Waals surface area contributed by atoms with Gasteiger partial charge in [-0.2, -0.15) is 0 Å². The molecule has 2 aromatic heterocycles. The topological polar surface area (TPSA) is 67.6 Å². The third-order valence-electron chi connectivity index (χ3n) is 2.93. The van der Waals surface area contributed by atoms with Gasteiger partial charge in [0.1, 0.15) is 5.82 Å². The van der Waals surface area contributed by atoms with Crippen molar-refractivity contribution in [2.24, 2.45) is 5.73 Å². The van der Waals surface area contributed by atoms with Crippen LogP contribution in [-0.2, 0) is 6.42 Å². The lowest BCUT2D eigenvalue weighted by Gasteiger charge is -2.08. The van der Waals surface area contributed by atoms with Crippen LogP contribution in [0.1, 0.15) is 17.4 Å². The van der Waals surface area contributed by atoms with E-state index in [2.05, 4.69) is 27.1 Å². The molecule has 1 atom stereocenters. The number of nitrogens with zero attached hydrogens (tertiary/aromatic N) is 2. The van der Waals surface area contributed by atoms with E-state index in [1.165, 1.54) is 5.56 Å². The van der Waals surface area contributed by atoms with Gasteiger partial charge in [0.15, 0.2) is 5.65 Å². The van der Waals surface area contributed by atoms with E-state index < -0.39 is 0 Å². The number of hydrogen-bond donors (Lipinski definition) is 2. The molecule has 4 heteroatoms. The van der Waals surface area contributed by atoms with Crippen LogP contribution in [0.3, 0.4) is 0 Å². The molecule has 1 unspecified atom stereocenters. The molecule has 0 bridgehead atoms. The first-order valence-corrected chi connectivity index (χ1v) is 5.93. The number of pyridine rings is 1. The molecule has 0 radical (unpaired) electrons. The van der Waals surface area contributed by atoms with Crippen molar-refractivity contribution in [3.8, 4) is 0 Å². The minimum absolute atomic E-state index is 0.137. The zero-order valence-electron chi connectivity index (χ0n) is 9.88. The molecule has 1 aromatic carbocycles. The van der Waals surface area contributed by atoms with Gasteiger partial charge in [-0.25, -0.2) is 9.97 Å². The highest BCUT2D eigenvalue weighted by Crippen LogP contribution is 2.16. The summed E-state index contributed by atoms with van der Waals surface area (Å²) in [4.78, 5) is 11.8. The summed E-state index contributed by atoms with van der Waals surface area (Å²) in [6.45, 7) is 0. The molecule has 0 fully saturated rings. The molecule has 3 N–H and O–H groups in total. The molecule has 0 saturated carbocycles. The Labute approximate surface area is 105 Å². The number of nitrogens with one attached hydrogen (secondary N) is 1. The fraction of sp³-hybridized carbons (Fsp3) is 0.143. The SMILES string of the molecule is NC(Cc1ccccc1)c1nc2ncccc2[nH]1. The second kappa shape index (κ2) is 4.58. The van der Waals surface area contributed by atoms with Crippen LogP contribution in [0.25, 0.3) is 11.2 Å². The van der Waals surface area contributed by atoms with Gasteiger partial charge in [0.05, 0.1) is 11.6 Å². The van der Waals surface area contributed by atoms with Gasteiger partial charge in [0.2, 0.25) is 0 Å². The summed E-state index contributed by atoms with van der Waals surface area (Å²) in [6, 6.07) is 13.9. The predicted molar refractivity (Wildman–Crippen MR) is 71.0 cm³/mol. The van der Waals surface area contributed by atoms with E-state index in [-0.39, 0.29) is 6.04 Å².